The molecule has 4 heterocycles. The Labute approximate surface area is 327 Å². The van der Waals surface area contributed by atoms with E-state index in [2.05, 4.69) is 63.5 Å². The van der Waals surface area contributed by atoms with Crippen molar-refractivity contribution in [3.63, 3.8) is 0 Å². The molecule has 286 valence electrons. The second-order valence-electron chi connectivity index (χ2n) is 14.7. The van der Waals surface area contributed by atoms with Gasteiger partial charge in [0.15, 0.2) is 5.82 Å². The molecule has 8 rings (SSSR count). The normalized spacial score (nSPS) is 17.5. The number of carbonyl (C=O) groups excluding carboxylic acids is 3. The first-order valence-corrected chi connectivity index (χ1v) is 19.8. The van der Waals surface area contributed by atoms with Crippen LogP contribution in [0.2, 0.25) is 0 Å². The first kappa shape index (κ1) is 36.9. The molecule has 56 heavy (non-hydrogen) atoms. The lowest BCUT2D eigenvalue weighted by molar-refractivity contribution is -0.141. The van der Waals surface area contributed by atoms with Gasteiger partial charge in [0.2, 0.25) is 17.7 Å². The number of likely N-dealkylation sites (N-methyl/N-ethyl adjacent to an activating group) is 1. The molecule has 2 aliphatic rings. The third kappa shape index (κ3) is 7.46. The van der Waals surface area contributed by atoms with Gasteiger partial charge in [0.25, 0.3) is 0 Å². The van der Waals surface area contributed by atoms with E-state index in [0.29, 0.717) is 25.2 Å². The Hall–Kier alpha value is -6.07. The average Bonchev–Trinajstić information content (AvgIpc) is 4.08. The number of imidazole rings is 1. The smallest absolute Gasteiger partial charge is 0.248 e. The van der Waals surface area contributed by atoms with E-state index in [9.17, 15) is 14.4 Å². The predicted octanol–water partition coefficient (Wildman–Crippen LogP) is 7.54. The molecule has 0 radical (unpaired) electrons. The molecule has 0 spiro atoms. The van der Waals surface area contributed by atoms with Crippen LogP contribution >= 0.6 is 0 Å². The molecule has 2 aromatic heterocycles. The molecule has 3 amide bonds. The summed E-state index contributed by atoms with van der Waals surface area (Å²) < 4.78 is 0. The molecule has 3 N–H and O–H groups in total. The molecule has 3 atom stereocenters. The summed E-state index contributed by atoms with van der Waals surface area (Å²) in [6, 6.07) is 33.0. The number of aromatic nitrogens is 4. The van der Waals surface area contributed by atoms with E-state index in [1.165, 1.54) is 0 Å². The number of benzene rings is 4. The van der Waals surface area contributed by atoms with Crippen LogP contribution in [-0.2, 0) is 20.8 Å². The lowest BCUT2D eigenvalue weighted by Gasteiger charge is -2.34. The van der Waals surface area contributed by atoms with Crippen LogP contribution in [0.15, 0.2) is 109 Å². The van der Waals surface area contributed by atoms with Crippen LogP contribution in [0.1, 0.15) is 68.6 Å². The Balaban J connectivity index is 0.931. The summed E-state index contributed by atoms with van der Waals surface area (Å²) in [5.41, 5.74) is 6.71. The highest BCUT2D eigenvalue weighted by atomic mass is 16.2. The number of amides is 3. The number of nitrogens with one attached hydrogen (secondary N) is 3. The van der Waals surface area contributed by atoms with Crippen molar-refractivity contribution in [1.82, 2.24) is 34.9 Å². The van der Waals surface area contributed by atoms with Gasteiger partial charge in [-0.1, -0.05) is 105 Å². The van der Waals surface area contributed by atoms with E-state index < -0.39 is 12.1 Å². The molecule has 2 saturated heterocycles. The molecule has 0 bridgehead atoms. The number of fused-ring (bicyclic) bond motifs is 1. The van der Waals surface area contributed by atoms with Crippen molar-refractivity contribution in [2.45, 2.75) is 64.1 Å². The largest absolute Gasteiger partial charge is 0.340 e. The number of hydrogen-bond donors (Lipinski definition) is 3. The molecule has 6 aromatic rings. The second-order valence-corrected chi connectivity index (χ2v) is 14.7. The highest BCUT2D eigenvalue weighted by Crippen LogP contribution is 2.34. The number of carbonyl (C=O) groups is 3. The van der Waals surface area contributed by atoms with E-state index in [1.807, 2.05) is 90.0 Å². The van der Waals surface area contributed by atoms with Gasteiger partial charge in [-0.15, -0.1) is 0 Å². The van der Waals surface area contributed by atoms with Crippen molar-refractivity contribution in [2.24, 2.45) is 0 Å². The van der Waals surface area contributed by atoms with Gasteiger partial charge in [0.1, 0.15) is 17.9 Å². The number of anilines is 1. The average molecular weight is 749 g/mol. The van der Waals surface area contributed by atoms with Crippen LogP contribution in [-0.4, -0.2) is 84.8 Å². The zero-order valence-corrected chi connectivity index (χ0v) is 31.9. The first-order valence-electron chi connectivity index (χ1n) is 19.8. The summed E-state index contributed by atoms with van der Waals surface area (Å²) in [4.78, 5) is 55.2. The fourth-order valence-electron chi connectivity index (χ4n) is 8.40. The van der Waals surface area contributed by atoms with Crippen molar-refractivity contribution in [2.75, 3.05) is 31.5 Å². The van der Waals surface area contributed by atoms with Gasteiger partial charge in [0.05, 0.1) is 29.9 Å². The Kier molecular flexibility index (Phi) is 10.8. The summed E-state index contributed by atoms with van der Waals surface area (Å²) in [6.07, 6.45) is 5.46. The SMILES string of the molecule is CCN(CC)C(C(=O)N1CCCC1C(=O)Nc1n[nH]c2cc(-c3ccc(-c4cnc(C5CCCN5C(=O)Cc5ccccc5)[nH]4)cc3)ccc12)c1ccccc1. The topological polar surface area (TPSA) is 130 Å². The standard InChI is InChI=1S/C45H48N8O3/c1-3-51(4-2)41(33-15-9-6-10-16-33)45(56)53-26-12-18-39(53)44(55)48-42-35-24-23-34(28-36(35)49-50-42)31-19-21-32(22-20-31)37-29-46-43(47-37)38-17-11-25-52(38)40(54)27-30-13-7-5-8-14-30/h5-10,13-16,19-24,28-29,38-39,41H,3-4,11-12,17-18,25-27H2,1-2H3,(H,46,47)(H2,48,49,50,55). The molecule has 0 aliphatic carbocycles. The minimum Gasteiger partial charge on any atom is -0.340 e. The van der Waals surface area contributed by atoms with Crippen molar-refractivity contribution < 1.29 is 14.4 Å². The van der Waals surface area contributed by atoms with Crippen LogP contribution in [0.3, 0.4) is 0 Å². The van der Waals surface area contributed by atoms with Crippen molar-refractivity contribution >= 4 is 34.4 Å². The molecule has 11 nitrogen and oxygen atoms in total. The Bertz CT molecular complexity index is 2300. The van der Waals surface area contributed by atoms with Crippen LogP contribution < -0.4 is 5.32 Å². The fourth-order valence-corrected chi connectivity index (χ4v) is 8.40. The van der Waals surface area contributed by atoms with E-state index >= 15 is 0 Å². The summed E-state index contributed by atoms with van der Waals surface area (Å²) in [6.45, 7) is 6.85. The number of nitrogens with zero attached hydrogens (tertiary/aromatic N) is 5. The van der Waals surface area contributed by atoms with Crippen molar-refractivity contribution in [3.8, 4) is 22.4 Å². The van der Waals surface area contributed by atoms with E-state index in [-0.39, 0.29) is 23.8 Å². The third-order valence-electron chi connectivity index (χ3n) is 11.4. The molecule has 2 aliphatic heterocycles. The lowest BCUT2D eigenvalue weighted by atomic mass is 10.0. The van der Waals surface area contributed by atoms with Gasteiger partial charge in [-0.3, -0.25) is 24.4 Å². The maximum Gasteiger partial charge on any atom is 0.248 e. The molecular formula is C45H48N8O3. The molecule has 4 aromatic carbocycles. The van der Waals surface area contributed by atoms with Crippen molar-refractivity contribution in [1.29, 1.82) is 0 Å². The van der Waals surface area contributed by atoms with Crippen LogP contribution in [0.5, 0.6) is 0 Å². The highest BCUT2D eigenvalue weighted by molar-refractivity contribution is 6.04. The summed E-state index contributed by atoms with van der Waals surface area (Å²) >= 11 is 0. The Morgan fingerprint density at radius 1 is 0.821 bits per heavy atom. The monoisotopic (exact) mass is 748 g/mol. The molecule has 3 unspecified atom stereocenters. The summed E-state index contributed by atoms with van der Waals surface area (Å²) in [5.74, 6) is 1.13. The fraction of sp³-hybridized carbons (Fsp3) is 0.311. The van der Waals surface area contributed by atoms with Crippen molar-refractivity contribution in [3.05, 3.63) is 126 Å². The van der Waals surface area contributed by atoms with Gasteiger partial charge in [0, 0.05) is 18.5 Å². The molecular weight excluding hydrogens is 701 g/mol. The number of rotatable bonds is 12. The maximum atomic E-state index is 14.1. The number of likely N-dealkylation sites (tertiary alicyclic amines) is 2. The maximum absolute atomic E-state index is 14.1. The molecule has 0 saturated carbocycles. The quantitative estimate of drug-likeness (QED) is 0.119. The predicted molar refractivity (Wildman–Crippen MR) is 218 cm³/mol. The zero-order valence-electron chi connectivity index (χ0n) is 31.9. The minimum absolute atomic E-state index is 0.0421. The van der Waals surface area contributed by atoms with E-state index in [1.54, 1.807) is 4.90 Å². The molecule has 2 fully saturated rings. The zero-order chi connectivity index (χ0) is 38.6. The van der Waals surface area contributed by atoms with Crippen LogP contribution in [0.4, 0.5) is 5.82 Å². The lowest BCUT2D eigenvalue weighted by Crippen LogP contribution is -2.48. The van der Waals surface area contributed by atoms with Crippen LogP contribution in [0.25, 0.3) is 33.3 Å². The summed E-state index contributed by atoms with van der Waals surface area (Å²) in [7, 11) is 0. The van der Waals surface area contributed by atoms with Gasteiger partial charge in [-0.05, 0) is 78.7 Å². The highest BCUT2D eigenvalue weighted by Gasteiger charge is 2.39. The van der Waals surface area contributed by atoms with Crippen LogP contribution in [0, 0.1) is 0 Å². The Morgan fingerprint density at radius 2 is 1.50 bits per heavy atom. The van der Waals surface area contributed by atoms with E-state index in [0.717, 1.165) is 89.1 Å². The summed E-state index contributed by atoms with van der Waals surface area (Å²) in [5, 5.41) is 11.4. The minimum atomic E-state index is -0.570. The number of H-pyrrole nitrogens is 2. The van der Waals surface area contributed by atoms with Gasteiger partial charge in [-0.25, -0.2) is 4.98 Å². The van der Waals surface area contributed by atoms with Gasteiger partial charge >= 0.3 is 0 Å². The van der Waals surface area contributed by atoms with Gasteiger partial charge in [-0.2, -0.15) is 5.10 Å². The third-order valence-corrected chi connectivity index (χ3v) is 11.4. The Morgan fingerprint density at radius 3 is 2.25 bits per heavy atom. The first-order chi connectivity index (χ1) is 27.4. The molecule has 11 heteroatoms. The second kappa shape index (κ2) is 16.3. The van der Waals surface area contributed by atoms with Gasteiger partial charge < -0.3 is 20.1 Å². The van der Waals surface area contributed by atoms with E-state index in [4.69, 9.17) is 4.98 Å². The number of hydrogen-bond acceptors (Lipinski definition) is 6. The number of aromatic amines is 2.